The van der Waals surface area contributed by atoms with Crippen molar-refractivity contribution in [2.45, 2.75) is 19.1 Å². The summed E-state index contributed by atoms with van der Waals surface area (Å²) in [7, 11) is 0. The van der Waals surface area contributed by atoms with Crippen LogP contribution in [0.15, 0.2) is 42.5 Å². The van der Waals surface area contributed by atoms with Gasteiger partial charge in [-0.15, -0.1) is 0 Å². The van der Waals surface area contributed by atoms with Crippen LogP contribution in [0, 0.1) is 0 Å². The number of hydrogen-bond acceptors (Lipinski definition) is 3. The van der Waals surface area contributed by atoms with Crippen LogP contribution < -0.4 is 21.1 Å². The molecule has 0 fully saturated rings. The van der Waals surface area contributed by atoms with E-state index in [-0.39, 0.29) is 22.9 Å². The van der Waals surface area contributed by atoms with Crippen LogP contribution in [0.3, 0.4) is 0 Å². The zero-order chi connectivity index (χ0) is 20.0. The molecule has 0 aliphatic rings. The topological polar surface area (TPSA) is 93.5 Å². The lowest BCUT2D eigenvalue weighted by atomic mass is 10.0. The molecule has 0 unspecified atom stereocenters. The minimum Gasteiger partial charge on any atom is -0.433 e. The van der Waals surface area contributed by atoms with Crippen molar-refractivity contribution in [1.82, 2.24) is 5.32 Å². The van der Waals surface area contributed by atoms with Crippen molar-refractivity contribution in [3.8, 4) is 5.75 Å². The summed E-state index contributed by atoms with van der Waals surface area (Å²) in [6, 6.07) is 8.92. The lowest BCUT2D eigenvalue weighted by Gasteiger charge is -2.18. The number of hydrogen-bond donors (Lipinski definition) is 3. The number of nitrogens with two attached hydrogens (primary N) is 1. The SMILES string of the molecule is NC(=O)N[C@@H](CC(=O)Nc1ccc(OC(F)F)c(Cl)c1)c1ccc(Cl)cc1. The summed E-state index contributed by atoms with van der Waals surface area (Å²) < 4.78 is 28.7. The van der Waals surface area contributed by atoms with Gasteiger partial charge in [-0.3, -0.25) is 4.79 Å². The number of carbonyl (C=O) groups is 2. The molecule has 0 aromatic heterocycles. The molecule has 3 amide bonds. The quantitative estimate of drug-likeness (QED) is 0.625. The zero-order valence-corrected chi connectivity index (χ0v) is 15.2. The van der Waals surface area contributed by atoms with Crippen LogP contribution in [0.25, 0.3) is 0 Å². The van der Waals surface area contributed by atoms with Crippen LogP contribution in [-0.2, 0) is 4.79 Å². The average molecular weight is 418 g/mol. The maximum atomic E-state index is 12.3. The van der Waals surface area contributed by atoms with E-state index >= 15 is 0 Å². The molecule has 27 heavy (non-hydrogen) atoms. The molecule has 0 bridgehead atoms. The van der Waals surface area contributed by atoms with E-state index < -0.39 is 24.6 Å². The van der Waals surface area contributed by atoms with E-state index in [0.717, 1.165) is 0 Å². The molecule has 0 saturated heterocycles. The molecule has 0 spiro atoms. The number of benzene rings is 2. The number of alkyl halides is 2. The lowest BCUT2D eigenvalue weighted by Crippen LogP contribution is -2.35. The standard InChI is InChI=1S/C17H15Cl2F2N3O3/c18-10-3-1-9(2-4-10)13(24-17(22)26)8-15(25)23-11-5-6-14(12(19)7-11)27-16(20)21/h1-7,13,16H,8H2,(H,23,25)(H3,22,24,26)/t13-/m0/s1. The van der Waals surface area contributed by atoms with Crippen LogP contribution in [-0.4, -0.2) is 18.5 Å². The van der Waals surface area contributed by atoms with Crippen molar-refractivity contribution in [2.24, 2.45) is 5.73 Å². The largest absolute Gasteiger partial charge is 0.433 e. The van der Waals surface area contributed by atoms with Crippen LogP contribution in [0.1, 0.15) is 18.0 Å². The van der Waals surface area contributed by atoms with Crippen LogP contribution in [0.4, 0.5) is 19.3 Å². The number of nitrogens with one attached hydrogen (secondary N) is 2. The van der Waals surface area contributed by atoms with Gasteiger partial charge >= 0.3 is 12.6 Å². The second kappa shape index (κ2) is 9.38. The minimum atomic E-state index is -3.01. The Kier molecular flexibility index (Phi) is 7.20. The van der Waals surface area contributed by atoms with Crippen LogP contribution in [0.2, 0.25) is 10.0 Å². The van der Waals surface area contributed by atoms with Gasteiger partial charge in [-0.2, -0.15) is 8.78 Å². The normalized spacial score (nSPS) is 11.7. The molecule has 0 aliphatic heterocycles. The van der Waals surface area contributed by atoms with Crippen LogP contribution >= 0.6 is 23.2 Å². The second-order valence-electron chi connectivity index (χ2n) is 5.39. The van der Waals surface area contributed by atoms with Gasteiger partial charge in [0.2, 0.25) is 5.91 Å². The van der Waals surface area contributed by atoms with Gasteiger partial charge in [0.1, 0.15) is 5.75 Å². The van der Waals surface area contributed by atoms with Gasteiger partial charge in [0.05, 0.1) is 17.5 Å². The Morgan fingerprint density at radius 3 is 2.33 bits per heavy atom. The van der Waals surface area contributed by atoms with E-state index in [1.165, 1.54) is 18.2 Å². The third kappa shape index (κ3) is 6.58. The van der Waals surface area contributed by atoms with Crippen molar-refractivity contribution in [3.63, 3.8) is 0 Å². The summed E-state index contributed by atoms with van der Waals surface area (Å²) in [4.78, 5) is 23.5. The highest BCUT2D eigenvalue weighted by Gasteiger charge is 2.18. The highest BCUT2D eigenvalue weighted by Crippen LogP contribution is 2.29. The first-order valence-corrected chi connectivity index (χ1v) is 8.36. The van der Waals surface area contributed by atoms with Gasteiger partial charge in [0.25, 0.3) is 0 Å². The van der Waals surface area contributed by atoms with Crippen molar-refractivity contribution < 1.29 is 23.1 Å². The molecule has 4 N–H and O–H groups in total. The Morgan fingerprint density at radius 1 is 1.11 bits per heavy atom. The lowest BCUT2D eigenvalue weighted by molar-refractivity contribution is -0.116. The summed E-state index contributed by atoms with van der Waals surface area (Å²) in [5.41, 5.74) is 6.07. The molecular formula is C17H15Cl2F2N3O3. The van der Waals surface area contributed by atoms with Crippen molar-refractivity contribution in [1.29, 1.82) is 0 Å². The number of anilines is 1. The Morgan fingerprint density at radius 2 is 1.78 bits per heavy atom. The zero-order valence-electron chi connectivity index (χ0n) is 13.7. The highest BCUT2D eigenvalue weighted by molar-refractivity contribution is 6.32. The molecule has 2 rings (SSSR count). The number of rotatable bonds is 7. The molecule has 0 radical (unpaired) electrons. The van der Waals surface area contributed by atoms with Gasteiger partial charge in [-0.05, 0) is 35.9 Å². The first kappa shape index (κ1) is 20.7. The van der Waals surface area contributed by atoms with Gasteiger partial charge in [0, 0.05) is 10.7 Å². The average Bonchev–Trinajstić information content (AvgIpc) is 2.56. The van der Waals surface area contributed by atoms with Gasteiger partial charge < -0.3 is 21.1 Å². The molecular weight excluding hydrogens is 403 g/mol. The van der Waals surface area contributed by atoms with Gasteiger partial charge in [-0.1, -0.05) is 35.3 Å². The molecule has 6 nitrogen and oxygen atoms in total. The predicted molar refractivity (Wildman–Crippen MR) is 98.2 cm³/mol. The van der Waals surface area contributed by atoms with Crippen LogP contribution in [0.5, 0.6) is 5.75 Å². The smallest absolute Gasteiger partial charge is 0.387 e. The van der Waals surface area contributed by atoms with E-state index in [1.54, 1.807) is 24.3 Å². The Hall–Kier alpha value is -2.58. The first-order valence-electron chi connectivity index (χ1n) is 7.60. The monoisotopic (exact) mass is 417 g/mol. The Labute approximate surface area is 163 Å². The third-order valence-corrected chi connectivity index (χ3v) is 3.96. The molecule has 10 heteroatoms. The predicted octanol–water partition coefficient (Wildman–Crippen LogP) is 4.33. The number of urea groups is 1. The number of primary amides is 1. The molecule has 0 aliphatic carbocycles. The van der Waals surface area contributed by atoms with E-state index in [9.17, 15) is 18.4 Å². The van der Waals surface area contributed by atoms with Crippen molar-refractivity contribution in [3.05, 3.63) is 58.1 Å². The maximum Gasteiger partial charge on any atom is 0.387 e. The van der Waals surface area contributed by atoms with Gasteiger partial charge in [0.15, 0.2) is 0 Å². The maximum absolute atomic E-state index is 12.3. The fourth-order valence-electron chi connectivity index (χ4n) is 2.29. The Balaban J connectivity index is 2.08. The fraction of sp³-hybridized carbons (Fsp3) is 0.176. The van der Waals surface area contributed by atoms with Gasteiger partial charge in [-0.25, -0.2) is 4.79 Å². The molecule has 2 aromatic rings. The number of amides is 3. The van der Waals surface area contributed by atoms with Crippen molar-refractivity contribution >= 4 is 40.8 Å². The second-order valence-corrected chi connectivity index (χ2v) is 6.23. The fourth-order valence-corrected chi connectivity index (χ4v) is 2.64. The van der Waals surface area contributed by atoms with E-state index in [0.29, 0.717) is 10.6 Å². The molecule has 2 aromatic carbocycles. The summed E-state index contributed by atoms with van der Waals surface area (Å²) in [6.07, 6.45) is -0.128. The number of ether oxygens (including phenoxy) is 1. The van der Waals surface area contributed by atoms with E-state index in [2.05, 4.69) is 15.4 Å². The summed E-state index contributed by atoms with van der Waals surface area (Å²) in [5.74, 6) is -0.665. The molecule has 0 saturated carbocycles. The van der Waals surface area contributed by atoms with E-state index in [1.807, 2.05) is 0 Å². The molecule has 0 heterocycles. The Bertz CT molecular complexity index is 820. The van der Waals surface area contributed by atoms with E-state index in [4.69, 9.17) is 28.9 Å². The molecule has 144 valence electrons. The number of carbonyl (C=O) groups excluding carboxylic acids is 2. The highest BCUT2D eigenvalue weighted by atomic mass is 35.5. The molecule has 1 atom stereocenters. The van der Waals surface area contributed by atoms with Crippen molar-refractivity contribution in [2.75, 3.05) is 5.32 Å². The summed E-state index contributed by atoms with van der Waals surface area (Å²) in [6.45, 7) is -3.01. The third-order valence-electron chi connectivity index (χ3n) is 3.41. The first-order chi connectivity index (χ1) is 12.7. The number of halogens is 4. The summed E-state index contributed by atoms with van der Waals surface area (Å²) in [5, 5.41) is 5.46. The summed E-state index contributed by atoms with van der Waals surface area (Å²) >= 11 is 11.7. The minimum absolute atomic E-state index is 0.0855.